The Balaban J connectivity index is 1.17. The lowest BCUT2D eigenvalue weighted by Crippen LogP contribution is -2.59. The summed E-state index contributed by atoms with van der Waals surface area (Å²) in [5.74, 6) is -2.77. The minimum atomic E-state index is -3.90. The number of amides is 5. The van der Waals surface area contributed by atoms with Crippen molar-refractivity contribution in [2.75, 3.05) is 19.7 Å². The fourth-order valence-corrected chi connectivity index (χ4v) is 9.67. The van der Waals surface area contributed by atoms with Gasteiger partial charge in [0.2, 0.25) is 21.8 Å². The van der Waals surface area contributed by atoms with Gasteiger partial charge in [0.15, 0.2) is 0 Å². The zero-order valence-electron chi connectivity index (χ0n) is 29.9. The fraction of sp³-hybridized carbons (Fsp3) is 0.605. The number of cyclic esters (lactones) is 1. The number of hydrogen-bond acceptors (Lipinski definition) is 9. The molecule has 4 fully saturated rings. The van der Waals surface area contributed by atoms with Crippen molar-refractivity contribution in [3.63, 3.8) is 0 Å². The van der Waals surface area contributed by atoms with Crippen molar-refractivity contribution >= 4 is 46.0 Å². The van der Waals surface area contributed by atoms with Crippen LogP contribution in [0.15, 0.2) is 36.9 Å². The molecule has 3 aliphatic heterocycles. The van der Waals surface area contributed by atoms with Crippen molar-refractivity contribution in [1.82, 2.24) is 25.2 Å². The molecule has 6 aliphatic rings. The van der Waals surface area contributed by atoms with E-state index in [9.17, 15) is 32.4 Å². The van der Waals surface area contributed by atoms with Crippen LogP contribution in [-0.2, 0) is 46.8 Å². The van der Waals surface area contributed by atoms with E-state index in [1.165, 1.54) is 11.0 Å². The zero-order valence-corrected chi connectivity index (χ0v) is 30.7. The number of fused-ring (bicyclic) bond motifs is 3. The highest BCUT2D eigenvalue weighted by atomic mass is 32.2. The number of benzene rings is 1. The monoisotopic (exact) mass is 751 g/mol. The maximum atomic E-state index is 14.6. The van der Waals surface area contributed by atoms with Gasteiger partial charge in [0.05, 0.1) is 18.4 Å². The highest BCUT2D eigenvalue weighted by Gasteiger charge is 2.62. The summed E-state index contributed by atoms with van der Waals surface area (Å²) in [5, 5.41) is 4.95. The molecule has 1 aromatic carbocycles. The van der Waals surface area contributed by atoms with Crippen LogP contribution in [0, 0.1) is 11.8 Å². The van der Waals surface area contributed by atoms with Crippen LogP contribution in [0.5, 0.6) is 0 Å². The molecule has 14 nitrogen and oxygen atoms in total. The van der Waals surface area contributed by atoms with Gasteiger partial charge < -0.3 is 29.9 Å². The van der Waals surface area contributed by atoms with E-state index in [-0.39, 0.29) is 31.9 Å². The van der Waals surface area contributed by atoms with Gasteiger partial charge in [0.1, 0.15) is 23.7 Å². The van der Waals surface area contributed by atoms with Crippen LogP contribution in [0.2, 0.25) is 0 Å². The number of allylic oxidation sites excluding steroid dienone is 1. The van der Waals surface area contributed by atoms with Crippen molar-refractivity contribution in [3.05, 3.63) is 53.6 Å². The molecule has 1 aromatic rings. The van der Waals surface area contributed by atoms with Crippen LogP contribution in [0.3, 0.4) is 0 Å². The van der Waals surface area contributed by atoms with Gasteiger partial charge >= 0.3 is 12.2 Å². The summed E-state index contributed by atoms with van der Waals surface area (Å²) in [6, 6.07) is 3.87. The predicted molar refractivity (Wildman–Crippen MR) is 193 cm³/mol. The van der Waals surface area contributed by atoms with Gasteiger partial charge in [-0.25, -0.2) is 18.0 Å². The molecular formula is C38H49N5O9S. The van der Waals surface area contributed by atoms with Crippen LogP contribution in [-0.4, -0.2) is 96.8 Å². The molecule has 3 heterocycles. The Hall–Kier alpha value is -4.40. The molecule has 3 saturated carbocycles. The van der Waals surface area contributed by atoms with Gasteiger partial charge in [-0.05, 0) is 74.0 Å². The molecule has 15 heteroatoms. The summed E-state index contributed by atoms with van der Waals surface area (Å²) in [5.41, 5.74) is 1.59. The SMILES string of the molecule is C=C[C@H]1C[C@]1(NC(=O)[C@@H]1C[C@@H]2CN1C(=O)[C@H](C1CCCCC1)NC(=O)OCCC/C=C/c1cccc3c1CN(CC3)C(=O)O2)C(=O)NS(=O)(=O)C1CC1. The fourth-order valence-electron chi connectivity index (χ4n) is 8.30. The van der Waals surface area contributed by atoms with E-state index in [2.05, 4.69) is 28.0 Å². The predicted octanol–water partition coefficient (Wildman–Crippen LogP) is 3.30. The van der Waals surface area contributed by atoms with Crippen molar-refractivity contribution in [3.8, 4) is 0 Å². The van der Waals surface area contributed by atoms with Gasteiger partial charge in [-0.2, -0.15) is 0 Å². The molecule has 0 radical (unpaired) electrons. The molecule has 0 spiro atoms. The molecular weight excluding hydrogens is 703 g/mol. The molecule has 3 aliphatic carbocycles. The number of nitrogens with zero attached hydrogens (tertiary/aromatic N) is 2. The first kappa shape index (κ1) is 36.9. The number of hydrogen-bond donors (Lipinski definition) is 3. The molecule has 5 amide bonds. The summed E-state index contributed by atoms with van der Waals surface area (Å²) >= 11 is 0. The van der Waals surface area contributed by atoms with E-state index in [0.29, 0.717) is 58.0 Å². The quantitative estimate of drug-likeness (QED) is 0.353. The molecule has 5 atom stereocenters. The number of alkyl carbamates (subject to hydrolysis) is 1. The van der Waals surface area contributed by atoms with E-state index in [4.69, 9.17) is 9.47 Å². The summed E-state index contributed by atoms with van der Waals surface area (Å²) in [4.78, 5) is 72.2. The first-order valence-corrected chi connectivity index (χ1v) is 20.5. The summed E-state index contributed by atoms with van der Waals surface area (Å²) in [7, 11) is -3.90. The Morgan fingerprint density at radius 2 is 1.85 bits per heavy atom. The van der Waals surface area contributed by atoms with E-state index < -0.39 is 74.8 Å². The van der Waals surface area contributed by atoms with Crippen molar-refractivity contribution < 1.29 is 41.9 Å². The van der Waals surface area contributed by atoms with Crippen LogP contribution in [0.1, 0.15) is 87.3 Å². The largest absolute Gasteiger partial charge is 0.450 e. The molecule has 1 saturated heterocycles. The zero-order chi connectivity index (χ0) is 37.3. The Morgan fingerprint density at radius 1 is 1.06 bits per heavy atom. The first-order valence-electron chi connectivity index (χ1n) is 19.0. The van der Waals surface area contributed by atoms with Gasteiger partial charge in [-0.1, -0.05) is 55.7 Å². The average Bonchev–Trinajstić information content (AvgIpc) is 4.08. The molecule has 53 heavy (non-hydrogen) atoms. The number of rotatable bonds is 7. The summed E-state index contributed by atoms with van der Waals surface area (Å²) in [6.07, 6.45) is 10.4. The maximum Gasteiger partial charge on any atom is 0.410 e. The highest BCUT2D eigenvalue weighted by molar-refractivity contribution is 7.91. The molecule has 3 N–H and O–H groups in total. The van der Waals surface area contributed by atoms with Crippen LogP contribution in [0.25, 0.3) is 6.08 Å². The number of sulfonamides is 1. The van der Waals surface area contributed by atoms with Gasteiger partial charge in [0, 0.05) is 25.4 Å². The maximum absolute atomic E-state index is 14.6. The summed E-state index contributed by atoms with van der Waals surface area (Å²) < 4.78 is 39.1. The number of nitrogens with one attached hydrogen (secondary N) is 3. The number of carbonyl (C=O) groups excluding carboxylic acids is 5. The number of carbonyl (C=O) groups is 5. The highest BCUT2D eigenvalue weighted by Crippen LogP contribution is 2.45. The lowest BCUT2D eigenvalue weighted by molar-refractivity contribution is -0.142. The molecule has 0 aromatic heterocycles. The van der Waals surface area contributed by atoms with Gasteiger partial charge in [-0.15, -0.1) is 6.58 Å². The third-order valence-electron chi connectivity index (χ3n) is 11.6. The standard InChI is InChI=1S/C38H49N5O9S/c1-2-27-21-38(27,35(46)41-53(49,50)29-15-16-29)40-33(44)31-20-28-22-43(31)34(45)32(26-11-5-3-6-12-26)39-36(47)51-19-8-4-7-10-24-13-9-14-25-17-18-42(23-30(24)25)37(48)52-28/h2,7,9-10,13-14,26-29,31-32H,1,3-6,8,11-12,15-23H2,(H,39,47)(H,40,44)(H,41,46)/b10-7+/t27-,28+,31-,32-,38+/m0/s1. The molecule has 0 unspecified atom stereocenters. The van der Waals surface area contributed by atoms with Crippen molar-refractivity contribution in [2.24, 2.45) is 11.8 Å². The normalized spacial score (nSPS) is 30.4. The van der Waals surface area contributed by atoms with Crippen molar-refractivity contribution in [2.45, 2.75) is 113 Å². The third kappa shape index (κ3) is 7.95. The topological polar surface area (TPSA) is 181 Å². The first-order chi connectivity index (χ1) is 25.5. The van der Waals surface area contributed by atoms with Crippen molar-refractivity contribution in [1.29, 1.82) is 0 Å². The minimum absolute atomic E-state index is 0.0552. The molecule has 7 rings (SSSR count). The smallest absolute Gasteiger partial charge is 0.410 e. The molecule has 4 bridgehead atoms. The van der Waals surface area contributed by atoms with Gasteiger partial charge in [-0.3, -0.25) is 19.1 Å². The van der Waals surface area contributed by atoms with E-state index >= 15 is 0 Å². The van der Waals surface area contributed by atoms with Crippen LogP contribution < -0.4 is 15.4 Å². The van der Waals surface area contributed by atoms with E-state index in [0.717, 1.165) is 36.0 Å². The molecule has 286 valence electrons. The average molecular weight is 752 g/mol. The minimum Gasteiger partial charge on any atom is -0.450 e. The van der Waals surface area contributed by atoms with Crippen LogP contribution in [0.4, 0.5) is 9.59 Å². The van der Waals surface area contributed by atoms with Crippen LogP contribution >= 0.6 is 0 Å². The second-order valence-corrected chi connectivity index (χ2v) is 17.2. The summed E-state index contributed by atoms with van der Waals surface area (Å²) in [6.45, 7) is 4.58. The van der Waals surface area contributed by atoms with Gasteiger partial charge in [0.25, 0.3) is 5.91 Å². The Labute approximate surface area is 310 Å². The van der Waals surface area contributed by atoms with E-state index in [1.807, 2.05) is 24.3 Å². The lowest BCUT2D eigenvalue weighted by atomic mass is 9.83. The lowest BCUT2D eigenvalue weighted by Gasteiger charge is -2.34. The van der Waals surface area contributed by atoms with E-state index in [1.54, 1.807) is 4.90 Å². The number of ether oxygens (including phenoxy) is 2. The second-order valence-electron chi connectivity index (χ2n) is 15.3. The Kier molecular flexibility index (Phi) is 10.6. The Bertz CT molecular complexity index is 1790. The third-order valence-corrected chi connectivity index (χ3v) is 13.5. The second kappa shape index (κ2) is 15.2. The Morgan fingerprint density at radius 3 is 2.58 bits per heavy atom.